The number of hydrogen-bond donors (Lipinski definition) is 5. The second-order valence-electron chi connectivity index (χ2n) is 8.19. The Labute approximate surface area is 227 Å². The number of carbonyl (C=O) groups excluding carboxylic acids is 4. The summed E-state index contributed by atoms with van der Waals surface area (Å²) in [6.07, 6.45) is 5.06. The lowest BCUT2D eigenvalue weighted by atomic mass is 9.88. The fourth-order valence-electron chi connectivity index (χ4n) is 3.77. The van der Waals surface area contributed by atoms with E-state index < -0.39 is 63.8 Å². The van der Waals surface area contributed by atoms with Gasteiger partial charge in [0.2, 0.25) is 11.6 Å². The molecule has 1 aliphatic heterocycles. The number of carboxylic acids is 3. The molecular formula is C27H16N4O10. The molecule has 5 N–H and O–H groups in total. The van der Waals surface area contributed by atoms with Crippen LogP contribution >= 0.6 is 0 Å². The molecular weight excluding hydrogens is 540 g/mol. The third kappa shape index (κ3) is 5.61. The maximum Gasteiger partial charge on any atom is 0.354 e. The summed E-state index contributed by atoms with van der Waals surface area (Å²) in [5.41, 5.74) is -3.21. The zero-order chi connectivity index (χ0) is 29.8. The average molecular weight is 556 g/mol. The van der Waals surface area contributed by atoms with Crippen molar-refractivity contribution in [1.82, 2.24) is 15.0 Å². The van der Waals surface area contributed by atoms with Crippen LogP contribution in [0.2, 0.25) is 0 Å². The molecule has 1 aromatic carbocycles. The van der Waals surface area contributed by atoms with Gasteiger partial charge in [-0.05, 0) is 30.3 Å². The van der Waals surface area contributed by atoms with Crippen LogP contribution in [0.3, 0.4) is 0 Å². The van der Waals surface area contributed by atoms with Crippen LogP contribution in [0.15, 0.2) is 65.9 Å². The van der Waals surface area contributed by atoms with E-state index in [4.69, 9.17) is 10.2 Å². The Morgan fingerprint density at radius 2 is 1.46 bits per heavy atom. The van der Waals surface area contributed by atoms with E-state index in [0.29, 0.717) is 10.6 Å². The summed E-state index contributed by atoms with van der Waals surface area (Å²) >= 11 is 0. The number of nitrogens with zero attached hydrogens (tertiary/aromatic N) is 2. The normalized spacial score (nSPS) is 12.6. The number of aromatic nitrogens is 3. The molecule has 0 spiro atoms. The Hall–Kier alpha value is -6.31. The molecule has 1 amide bonds. The highest BCUT2D eigenvalue weighted by Gasteiger charge is 2.38. The molecule has 0 saturated carbocycles. The smallest absolute Gasteiger partial charge is 0.354 e. The minimum absolute atomic E-state index is 0.200. The van der Waals surface area contributed by atoms with Gasteiger partial charge in [0.25, 0.3) is 5.78 Å². The number of benzene rings is 1. The quantitative estimate of drug-likeness (QED) is 0.221. The Kier molecular flexibility index (Phi) is 7.57. The lowest BCUT2D eigenvalue weighted by Gasteiger charge is -2.16. The highest BCUT2D eigenvalue weighted by molar-refractivity contribution is 6.53. The summed E-state index contributed by atoms with van der Waals surface area (Å²) in [6.45, 7) is 0. The molecule has 6 rings (SSSR count). The molecule has 4 heterocycles. The summed E-state index contributed by atoms with van der Waals surface area (Å²) in [4.78, 5) is 91.8. The maximum absolute atomic E-state index is 12.1. The minimum atomic E-state index is -1.58. The number of Topliss-reactive ketones (excluding diaryl/α,β-unsaturated/α-hetero) is 3. The van der Waals surface area contributed by atoms with Crippen molar-refractivity contribution in [2.75, 3.05) is 0 Å². The lowest BCUT2D eigenvalue weighted by molar-refractivity contribution is -0.132. The summed E-state index contributed by atoms with van der Waals surface area (Å²) < 4.78 is 0. The first-order valence-corrected chi connectivity index (χ1v) is 11.4. The van der Waals surface area contributed by atoms with E-state index in [-0.39, 0.29) is 16.8 Å². The van der Waals surface area contributed by atoms with Gasteiger partial charge in [0.05, 0.1) is 22.2 Å². The van der Waals surface area contributed by atoms with Crippen LogP contribution < -0.4 is 10.6 Å². The van der Waals surface area contributed by atoms with Gasteiger partial charge in [-0.1, -0.05) is 18.2 Å². The molecule has 0 bridgehead atoms. The molecule has 3 aromatic heterocycles. The number of nitrogens with one attached hydrogen (secondary N) is 2. The van der Waals surface area contributed by atoms with Crippen molar-refractivity contribution in [1.29, 1.82) is 0 Å². The number of amides is 1. The number of carbonyl (C=O) groups is 7. The van der Waals surface area contributed by atoms with Gasteiger partial charge in [-0.15, -0.1) is 0 Å². The van der Waals surface area contributed by atoms with Crippen LogP contribution in [0.5, 0.6) is 0 Å². The van der Waals surface area contributed by atoms with Crippen LogP contribution in [0.1, 0.15) is 52.2 Å². The number of aromatic carboxylic acids is 3. The number of hydrogen-bond acceptors (Lipinski definition) is 8. The SMILES string of the molecule is O=C(O)c1cc(C(=O)O)c2c(n1)C(=O)C(=O)c1cc(C(=O)O)[nH]c1-2.O=C1C=c2ccccc2=NC1=O.c1cc[nH]c1. The van der Waals surface area contributed by atoms with Gasteiger partial charge in [0.1, 0.15) is 17.1 Å². The summed E-state index contributed by atoms with van der Waals surface area (Å²) in [5.74, 6) is -8.10. The van der Waals surface area contributed by atoms with Gasteiger partial charge in [0.15, 0.2) is 0 Å². The Balaban J connectivity index is 0.000000186. The van der Waals surface area contributed by atoms with Crippen molar-refractivity contribution >= 4 is 47.2 Å². The van der Waals surface area contributed by atoms with Gasteiger partial charge < -0.3 is 25.3 Å². The zero-order valence-electron chi connectivity index (χ0n) is 20.4. The lowest BCUT2D eigenvalue weighted by Crippen LogP contribution is -2.33. The third-order valence-electron chi connectivity index (χ3n) is 5.59. The molecule has 0 atom stereocenters. The van der Waals surface area contributed by atoms with E-state index in [1.807, 2.05) is 24.5 Å². The summed E-state index contributed by atoms with van der Waals surface area (Å²) in [5, 5.41) is 28.5. The minimum Gasteiger partial charge on any atom is -0.478 e. The fraction of sp³-hybridized carbons (Fsp3) is 0. The van der Waals surface area contributed by atoms with E-state index in [2.05, 4.69) is 19.9 Å². The van der Waals surface area contributed by atoms with Crippen LogP contribution in [-0.2, 0) is 9.59 Å². The Morgan fingerprint density at radius 3 is 2.05 bits per heavy atom. The molecule has 4 aromatic rings. The Bertz CT molecular complexity index is 1840. The van der Waals surface area contributed by atoms with E-state index in [0.717, 1.165) is 12.1 Å². The van der Waals surface area contributed by atoms with Crippen molar-refractivity contribution in [3.05, 3.63) is 99.7 Å². The van der Waals surface area contributed by atoms with Crippen LogP contribution in [-0.4, -0.2) is 71.4 Å². The highest BCUT2D eigenvalue weighted by Crippen LogP contribution is 2.35. The topological polar surface area (TPSA) is 237 Å². The molecule has 0 radical (unpaired) electrons. The predicted molar refractivity (Wildman–Crippen MR) is 136 cm³/mol. The van der Waals surface area contributed by atoms with Gasteiger partial charge in [-0.2, -0.15) is 0 Å². The maximum atomic E-state index is 12.1. The molecule has 0 fully saturated rings. The summed E-state index contributed by atoms with van der Waals surface area (Å²) in [6, 6.07) is 12.6. The summed E-state index contributed by atoms with van der Waals surface area (Å²) in [7, 11) is 0. The van der Waals surface area contributed by atoms with Crippen molar-refractivity contribution in [2.45, 2.75) is 0 Å². The fourth-order valence-corrected chi connectivity index (χ4v) is 3.77. The number of fused-ring (bicyclic) bond motifs is 4. The van der Waals surface area contributed by atoms with Gasteiger partial charge >= 0.3 is 23.8 Å². The molecule has 204 valence electrons. The molecule has 0 saturated heterocycles. The van der Waals surface area contributed by atoms with Gasteiger partial charge in [-0.25, -0.2) is 24.4 Å². The zero-order valence-corrected chi connectivity index (χ0v) is 20.4. The third-order valence-corrected chi connectivity index (χ3v) is 5.59. The first kappa shape index (κ1) is 27.7. The van der Waals surface area contributed by atoms with E-state index in [9.17, 15) is 38.7 Å². The van der Waals surface area contributed by atoms with E-state index in [1.54, 1.807) is 24.3 Å². The average Bonchev–Trinajstić information content (AvgIpc) is 3.66. The number of pyridine rings is 1. The van der Waals surface area contributed by atoms with Crippen LogP contribution in [0, 0.1) is 0 Å². The second kappa shape index (κ2) is 11.2. The number of carboxylic acid groups (broad SMARTS) is 3. The van der Waals surface area contributed by atoms with Crippen molar-refractivity contribution < 1.29 is 48.9 Å². The number of para-hydroxylation sites is 1. The van der Waals surface area contributed by atoms with Gasteiger partial charge in [-0.3, -0.25) is 19.2 Å². The van der Waals surface area contributed by atoms with E-state index >= 15 is 0 Å². The number of aromatic amines is 2. The molecule has 1 aliphatic carbocycles. The molecule has 41 heavy (non-hydrogen) atoms. The largest absolute Gasteiger partial charge is 0.478 e. The standard InChI is InChI=1S/C14H6N2O8.C9H5NO2.C4H5N/c17-10-4-2-6(14(23)24)15-8(4)7-3(12(19)20)1-5(13(21)22)16-9(7)11(10)18;11-8-5-6-3-1-2-4-7(6)10-9(8)12;1-2-4-5-3-1/h1-2,15H,(H,19,20)(H,21,22)(H,23,24);1-5H;1-5H. The van der Waals surface area contributed by atoms with E-state index in [1.165, 1.54) is 6.08 Å². The second-order valence-corrected chi connectivity index (χ2v) is 8.19. The Morgan fingerprint density at radius 1 is 0.780 bits per heavy atom. The molecule has 14 heteroatoms. The van der Waals surface area contributed by atoms with Crippen LogP contribution in [0.25, 0.3) is 17.3 Å². The number of ketones is 3. The van der Waals surface area contributed by atoms with Crippen molar-refractivity contribution in [2.24, 2.45) is 4.99 Å². The molecule has 2 aliphatic rings. The number of rotatable bonds is 3. The highest BCUT2D eigenvalue weighted by atomic mass is 16.4. The van der Waals surface area contributed by atoms with Gasteiger partial charge in [0, 0.05) is 29.3 Å². The molecule has 14 nitrogen and oxygen atoms in total. The van der Waals surface area contributed by atoms with Crippen molar-refractivity contribution in [3.63, 3.8) is 0 Å². The first-order chi connectivity index (χ1) is 19.5. The monoisotopic (exact) mass is 556 g/mol. The first-order valence-electron chi connectivity index (χ1n) is 11.4. The van der Waals surface area contributed by atoms with Crippen molar-refractivity contribution in [3.8, 4) is 11.3 Å². The predicted octanol–water partition coefficient (Wildman–Crippen LogP) is 0.761. The van der Waals surface area contributed by atoms with Crippen LogP contribution in [0.4, 0.5) is 0 Å². The molecule has 0 unspecified atom stereocenters. The number of H-pyrrole nitrogens is 2.